The van der Waals surface area contributed by atoms with Crippen molar-refractivity contribution in [2.45, 2.75) is 45.8 Å². The van der Waals surface area contributed by atoms with Crippen LogP contribution < -0.4 is 0 Å². The maximum Gasteiger partial charge on any atom is 0.416 e. The highest BCUT2D eigenvalue weighted by atomic mass is 16.6. The molecule has 1 aromatic carbocycles. The summed E-state index contributed by atoms with van der Waals surface area (Å²) in [6.45, 7) is 4.99. The summed E-state index contributed by atoms with van der Waals surface area (Å²) < 4.78 is 10.3. The molecule has 0 spiro atoms. The standard InChI is InChI=1S/C18H23NO5/c1-4-16(24-13(3)20)12(2)17(21)19-15(11-23-18(19)22)10-14-8-6-5-7-9-14/h5-9,12,15-16H,4,10-11H2,1-3H3/t12-,15+,16?/m0/s1. The first-order chi connectivity index (χ1) is 11.4. The molecular weight excluding hydrogens is 310 g/mol. The first kappa shape index (κ1) is 18.0. The number of hydrogen-bond donors (Lipinski definition) is 0. The van der Waals surface area contributed by atoms with E-state index < -0.39 is 24.1 Å². The number of nitrogens with zero attached hydrogens (tertiary/aromatic N) is 1. The average molecular weight is 333 g/mol. The van der Waals surface area contributed by atoms with E-state index >= 15 is 0 Å². The minimum absolute atomic E-state index is 0.177. The van der Waals surface area contributed by atoms with E-state index in [0.717, 1.165) is 5.56 Å². The summed E-state index contributed by atoms with van der Waals surface area (Å²) in [6.07, 6.45) is -0.153. The zero-order valence-corrected chi connectivity index (χ0v) is 14.2. The molecule has 3 atom stereocenters. The van der Waals surface area contributed by atoms with Crippen LogP contribution in [0.3, 0.4) is 0 Å². The molecule has 1 aliphatic heterocycles. The van der Waals surface area contributed by atoms with Gasteiger partial charge < -0.3 is 9.47 Å². The molecule has 24 heavy (non-hydrogen) atoms. The predicted molar refractivity (Wildman–Crippen MR) is 87.1 cm³/mol. The van der Waals surface area contributed by atoms with Crippen LogP contribution in [0, 0.1) is 5.92 Å². The van der Waals surface area contributed by atoms with Gasteiger partial charge in [-0.3, -0.25) is 9.59 Å². The van der Waals surface area contributed by atoms with Crippen molar-refractivity contribution in [3.05, 3.63) is 35.9 Å². The molecule has 1 fully saturated rings. The van der Waals surface area contributed by atoms with Crippen LogP contribution in [0.1, 0.15) is 32.8 Å². The molecule has 130 valence electrons. The van der Waals surface area contributed by atoms with E-state index in [1.54, 1.807) is 6.92 Å². The number of carbonyl (C=O) groups excluding carboxylic acids is 3. The zero-order chi connectivity index (χ0) is 17.7. The van der Waals surface area contributed by atoms with Gasteiger partial charge in [0.1, 0.15) is 12.7 Å². The maximum atomic E-state index is 12.8. The molecule has 0 aromatic heterocycles. The van der Waals surface area contributed by atoms with Gasteiger partial charge in [-0.2, -0.15) is 0 Å². The fourth-order valence-corrected chi connectivity index (χ4v) is 2.90. The molecule has 0 saturated carbocycles. The molecule has 0 radical (unpaired) electrons. The molecule has 1 unspecified atom stereocenters. The van der Waals surface area contributed by atoms with Gasteiger partial charge in [-0.1, -0.05) is 44.2 Å². The third-order valence-electron chi connectivity index (χ3n) is 4.18. The number of amides is 2. The summed E-state index contributed by atoms with van der Waals surface area (Å²) in [6, 6.07) is 9.29. The summed E-state index contributed by atoms with van der Waals surface area (Å²) >= 11 is 0. The summed E-state index contributed by atoms with van der Waals surface area (Å²) in [5, 5.41) is 0. The van der Waals surface area contributed by atoms with Crippen LogP contribution in [0.5, 0.6) is 0 Å². The maximum absolute atomic E-state index is 12.8. The molecule has 2 rings (SSSR count). The van der Waals surface area contributed by atoms with Crippen molar-refractivity contribution < 1.29 is 23.9 Å². The molecule has 0 bridgehead atoms. The lowest BCUT2D eigenvalue weighted by Gasteiger charge is -2.27. The topological polar surface area (TPSA) is 72.9 Å². The summed E-state index contributed by atoms with van der Waals surface area (Å²) in [5.74, 6) is -1.42. The van der Waals surface area contributed by atoms with Gasteiger partial charge in [0.05, 0.1) is 12.0 Å². The molecule has 2 amide bonds. The third-order valence-corrected chi connectivity index (χ3v) is 4.18. The van der Waals surface area contributed by atoms with Crippen molar-refractivity contribution in [2.75, 3.05) is 6.61 Å². The van der Waals surface area contributed by atoms with Crippen LogP contribution in [-0.4, -0.2) is 41.6 Å². The van der Waals surface area contributed by atoms with E-state index in [1.165, 1.54) is 11.8 Å². The average Bonchev–Trinajstić information content (AvgIpc) is 2.92. The first-order valence-corrected chi connectivity index (χ1v) is 8.15. The van der Waals surface area contributed by atoms with Crippen LogP contribution in [0.25, 0.3) is 0 Å². The monoisotopic (exact) mass is 333 g/mol. The van der Waals surface area contributed by atoms with Crippen LogP contribution >= 0.6 is 0 Å². The van der Waals surface area contributed by atoms with Crippen LogP contribution in [0.2, 0.25) is 0 Å². The second-order valence-electron chi connectivity index (χ2n) is 5.97. The van der Waals surface area contributed by atoms with Crippen molar-refractivity contribution >= 4 is 18.0 Å². The van der Waals surface area contributed by atoms with Gasteiger partial charge in [0.15, 0.2) is 0 Å². The van der Waals surface area contributed by atoms with Crippen molar-refractivity contribution in [1.82, 2.24) is 4.90 Å². The summed E-state index contributed by atoms with van der Waals surface area (Å²) in [7, 11) is 0. The van der Waals surface area contributed by atoms with Crippen molar-refractivity contribution in [2.24, 2.45) is 5.92 Å². The highest BCUT2D eigenvalue weighted by Gasteiger charge is 2.41. The number of cyclic esters (lactones) is 1. The summed E-state index contributed by atoms with van der Waals surface area (Å²) in [5.41, 5.74) is 1.03. The largest absolute Gasteiger partial charge is 0.462 e. The molecule has 1 heterocycles. The number of ether oxygens (including phenoxy) is 2. The highest BCUT2D eigenvalue weighted by Crippen LogP contribution is 2.23. The minimum atomic E-state index is -0.634. The van der Waals surface area contributed by atoms with Gasteiger partial charge in [0.25, 0.3) is 0 Å². The molecule has 6 nitrogen and oxygen atoms in total. The molecule has 0 N–H and O–H groups in total. The fourth-order valence-electron chi connectivity index (χ4n) is 2.90. The molecular formula is C18H23NO5. The molecule has 1 aromatic rings. The number of carbonyl (C=O) groups is 3. The number of hydrogen-bond acceptors (Lipinski definition) is 5. The normalized spacial score (nSPS) is 19.5. The van der Waals surface area contributed by atoms with Gasteiger partial charge in [-0.15, -0.1) is 0 Å². The lowest BCUT2D eigenvalue weighted by molar-refractivity contribution is -0.153. The molecule has 1 saturated heterocycles. The Morgan fingerprint density at radius 1 is 1.33 bits per heavy atom. The number of imide groups is 1. The Kier molecular flexibility index (Phi) is 5.95. The van der Waals surface area contributed by atoms with Crippen molar-refractivity contribution in [3.8, 4) is 0 Å². The van der Waals surface area contributed by atoms with E-state index in [1.807, 2.05) is 37.3 Å². The molecule has 6 heteroatoms. The number of benzene rings is 1. The van der Waals surface area contributed by atoms with E-state index in [9.17, 15) is 14.4 Å². The number of rotatable bonds is 6. The van der Waals surface area contributed by atoms with Crippen molar-refractivity contribution in [3.63, 3.8) is 0 Å². The van der Waals surface area contributed by atoms with E-state index in [-0.39, 0.29) is 18.6 Å². The molecule has 1 aliphatic rings. The lowest BCUT2D eigenvalue weighted by Crippen LogP contribution is -2.46. The Hall–Kier alpha value is -2.37. The first-order valence-electron chi connectivity index (χ1n) is 8.15. The Bertz CT molecular complexity index is 601. The Morgan fingerprint density at radius 2 is 2.00 bits per heavy atom. The lowest BCUT2D eigenvalue weighted by atomic mass is 9.99. The smallest absolute Gasteiger partial charge is 0.416 e. The minimum Gasteiger partial charge on any atom is -0.462 e. The van der Waals surface area contributed by atoms with Gasteiger partial charge in [-0.05, 0) is 18.4 Å². The van der Waals surface area contributed by atoms with Gasteiger partial charge in [0, 0.05) is 6.92 Å². The van der Waals surface area contributed by atoms with E-state index in [0.29, 0.717) is 12.8 Å². The number of esters is 1. The van der Waals surface area contributed by atoms with Gasteiger partial charge in [0.2, 0.25) is 5.91 Å². The predicted octanol–water partition coefficient (Wildman–Crippen LogP) is 2.55. The Morgan fingerprint density at radius 3 is 2.58 bits per heavy atom. The quantitative estimate of drug-likeness (QED) is 0.748. The Labute approximate surface area is 141 Å². The highest BCUT2D eigenvalue weighted by molar-refractivity contribution is 5.95. The van der Waals surface area contributed by atoms with Crippen LogP contribution in [-0.2, 0) is 25.5 Å². The summed E-state index contributed by atoms with van der Waals surface area (Å²) in [4.78, 5) is 37.2. The second-order valence-corrected chi connectivity index (χ2v) is 5.97. The van der Waals surface area contributed by atoms with Crippen molar-refractivity contribution in [1.29, 1.82) is 0 Å². The van der Waals surface area contributed by atoms with Gasteiger partial charge in [-0.25, -0.2) is 9.69 Å². The zero-order valence-electron chi connectivity index (χ0n) is 14.2. The van der Waals surface area contributed by atoms with E-state index in [2.05, 4.69) is 0 Å². The second kappa shape index (κ2) is 7.95. The fraction of sp³-hybridized carbons (Fsp3) is 0.500. The van der Waals surface area contributed by atoms with E-state index in [4.69, 9.17) is 9.47 Å². The Balaban J connectivity index is 2.12. The van der Waals surface area contributed by atoms with Crippen LogP contribution in [0.15, 0.2) is 30.3 Å². The van der Waals surface area contributed by atoms with Crippen LogP contribution in [0.4, 0.5) is 4.79 Å². The molecule has 0 aliphatic carbocycles. The van der Waals surface area contributed by atoms with Gasteiger partial charge >= 0.3 is 12.1 Å². The third kappa shape index (κ3) is 4.13. The SMILES string of the molecule is CCC(OC(C)=O)[C@H](C)C(=O)N1C(=O)OC[C@H]1Cc1ccccc1.